The summed E-state index contributed by atoms with van der Waals surface area (Å²) in [6.07, 6.45) is 0. The summed E-state index contributed by atoms with van der Waals surface area (Å²) in [5.41, 5.74) is 1.62. The summed E-state index contributed by atoms with van der Waals surface area (Å²) in [5.74, 6) is 2.32. The van der Waals surface area contributed by atoms with Crippen molar-refractivity contribution >= 4 is 34.6 Å². The van der Waals surface area contributed by atoms with Gasteiger partial charge in [-0.25, -0.2) is 0 Å². The quantitative estimate of drug-likeness (QED) is 0.656. The molecule has 2 N–H and O–H groups in total. The Morgan fingerprint density at radius 3 is 2.77 bits per heavy atom. The van der Waals surface area contributed by atoms with Crippen LogP contribution in [0.3, 0.4) is 0 Å². The number of hydrogen-bond acceptors (Lipinski definition) is 6. The van der Waals surface area contributed by atoms with E-state index in [1.807, 2.05) is 30.3 Å². The maximum atomic E-state index is 5.88. The number of rotatable bonds is 4. The molecule has 0 amide bonds. The number of benzene rings is 2. The van der Waals surface area contributed by atoms with Gasteiger partial charge in [0.05, 0.1) is 6.54 Å². The monoisotopic (exact) mass is 388 g/mol. The Morgan fingerprint density at radius 2 is 1.92 bits per heavy atom. The van der Waals surface area contributed by atoms with Crippen LogP contribution in [0.2, 0.25) is 5.02 Å². The average molecular weight is 389 g/mol. The van der Waals surface area contributed by atoms with Crippen molar-refractivity contribution in [1.82, 2.24) is 15.5 Å². The Kier molecular flexibility index (Phi) is 4.59. The standard InChI is InChI=1S/C17H13ClN4O3S/c18-11-3-1-10(2-4-11)16-21-15(25-22-16)8-19-17(26)20-12-5-6-13-14(7-12)24-9-23-13/h1-7H,8-9H2,(H2,19,20,26). The maximum absolute atomic E-state index is 5.88. The third-order valence-electron chi connectivity index (χ3n) is 3.60. The zero-order chi connectivity index (χ0) is 17.9. The molecule has 0 saturated heterocycles. The first-order valence-corrected chi connectivity index (χ1v) is 8.49. The number of fused-ring (bicyclic) bond motifs is 1. The van der Waals surface area contributed by atoms with Crippen LogP contribution >= 0.6 is 23.8 Å². The Bertz CT molecular complexity index is 945. The molecular formula is C17H13ClN4O3S. The van der Waals surface area contributed by atoms with Gasteiger partial charge in [-0.3, -0.25) is 0 Å². The summed E-state index contributed by atoms with van der Waals surface area (Å²) in [7, 11) is 0. The van der Waals surface area contributed by atoms with E-state index < -0.39 is 0 Å². The fraction of sp³-hybridized carbons (Fsp3) is 0.118. The second-order valence-electron chi connectivity index (χ2n) is 5.39. The average Bonchev–Trinajstić information content (AvgIpc) is 3.29. The Balaban J connectivity index is 1.34. The number of halogens is 1. The number of thiocarbonyl (C=S) groups is 1. The molecule has 0 bridgehead atoms. The van der Waals surface area contributed by atoms with Crippen molar-refractivity contribution in [2.75, 3.05) is 12.1 Å². The van der Waals surface area contributed by atoms with Gasteiger partial charge in [0, 0.05) is 22.3 Å². The third kappa shape index (κ3) is 3.71. The largest absolute Gasteiger partial charge is 0.454 e. The topological polar surface area (TPSA) is 81.4 Å². The zero-order valence-electron chi connectivity index (χ0n) is 13.4. The third-order valence-corrected chi connectivity index (χ3v) is 4.10. The molecule has 2 heterocycles. The van der Waals surface area contributed by atoms with Crippen LogP contribution in [0.15, 0.2) is 47.0 Å². The van der Waals surface area contributed by atoms with Crippen molar-refractivity contribution in [3.63, 3.8) is 0 Å². The number of anilines is 1. The molecule has 0 atom stereocenters. The van der Waals surface area contributed by atoms with Gasteiger partial charge in [-0.15, -0.1) is 0 Å². The number of hydrogen-bond donors (Lipinski definition) is 2. The summed E-state index contributed by atoms with van der Waals surface area (Å²) in [5, 5.41) is 11.1. The highest BCUT2D eigenvalue weighted by Gasteiger charge is 2.14. The lowest BCUT2D eigenvalue weighted by Gasteiger charge is -2.09. The van der Waals surface area contributed by atoms with Crippen molar-refractivity contribution in [2.45, 2.75) is 6.54 Å². The molecule has 1 aliphatic rings. The molecule has 2 aromatic carbocycles. The minimum Gasteiger partial charge on any atom is -0.454 e. The summed E-state index contributed by atoms with van der Waals surface area (Å²) < 4.78 is 15.8. The van der Waals surface area contributed by atoms with Crippen LogP contribution in [0, 0.1) is 0 Å². The van der Waals surface area contributed by atoms with Crippen LogP contribution in [-0.2, 0) is 6.54 Å². The van der Waals surface area contributed by atoms with E-state index in [0.717, 1.165) is 17.0 Å². The van der Waals surface area contributed by atoms with E-state index in [2.05, 4.69) is 20.8 Å². The Labute approximate surface area is 159 Å². The van der Waals surface area contributed by atoms with Gasteiger partial charge in [0.1, 0.15) is 0 Å². The maximum Gasteiger partial charge on any atom is 0.246 e. The molecule has 0 aliphatic carbocycles. The van der Waals surface area contributed by atoms with Gasteiger partial charge in [-0.1, -0.05) is 16.8 Å². The van der Waals surface area contributed by atoms with E-state index >= 15 is 0 Å². The van der Waals surface area contributed by atoms with Gasteiger partial charge in [0.25, 0.3) is 0 Å². The van der Waals surface area contributed by atoms with E-state index in [9.17, 15) is 0 Å². The minimum absolute atomic E-state index is 0.231. The van der Waals surface area contributed by atoms with Crippen LogP contribution in [0.4, 0.5) is 5.69 Å². The van der Waals surface area contributed by atoms with Crippen molar-refractivity contribution in [3.05, 3.63) is 53.4 Å². The molecule has 1 aliphatic heterocycles. The second kappa shape index (κ2) is 7.19. The molecule has 9 heteroatoms. The first kappa shape index (κ1) is 16.6. The second-order valence-corrected chi connectivity index (χ2v) is 6.24. The van der Waals surface area contributed by atoms with Gasteiger partial charge < -0.3 is 24.6 Å². The highest BCUT2D eigenvalue weighted by molar-refractivity contribution is 7.80. The van der Waals surface area contributed by atoms with Crippen LogP contribution in [0.5, 0.6) is 11.5 Å². The number of nitrogens with one attached hydrogen (secondary N) is 2. The molecule has 132 valence electrons. The normalized spacial score (nSPS) is 12.0. The number of ether oxygens (including phenoxy) is 2. The highest BCUT2D eigenvalue weighted by Crippen LogP contribution is 2.34. The molecule has 0 unspecified atom stereocenters. The molecule has 1 aromatic heterocycles. The lowest BCUT2D eigenvalue weighted by molar-refractivity contribution is 0.174. The summed E-state index contributed by atoms with van der Waals surface area (Å²) in [6, 6.07) is 12.7. The summed E-state index contributed by atoms with van der Waals surface area (Å²) in [6.45, 7) is 0.533. The molecule has 7 nitrogen and oxygen atoms in total. The first-order valence-electron chi connectivity index (χ1n) is 7.70. The fourth-order valence-electron chi connectivity index (χ4n) is 2.35. The summed E-state index contributed by atoms with van der Waals surface area (Å²) in [4.78, 5) is 4.33. The number of nitrogens with zero attached hydrogens (tertiary/aromatic N) is 2. The van der Waals surface area contributed by atoms with Crippen LogP contribution in [0.1, 0.15) is 5.89 Å². The van der Waals surface area contributed by atoms with Crippen molar-refractivity contribution in [1.29, 1.82) is 0 Å². The fourth-order valence-corrected chi connectivity index (χ4v) is 2.66. The van der Waals surface area contributed by atoms with Gasteiger partial charge in [-0.2, -0.15) is 4.98 Å². The van der Waals surface area contributed by atoms with E-state index in [1.54, 1.807) is 12.1 Å². The van der Waals surface area contributed by atoms with Crippen LogP contribution in [-0.4, -0.2) is 22.0 Å². The molecular weight excluding hydrogens is 376 g/mol. The molecule has 4 rings (SSSR count). The molecule has 0 fully saturated rings. The highest BCUT2D eigenvalue weighted by atomic mass is 35.5. The van der Waals surface area contributed by atoms with Crippen LogP contribution in [0.25, 0.3) is 11.4 Å². The molecule has 26 heavy (non-hydrogen) atoms. The number of aromatic nitrogens is 2. The SMILES string of the molecule is S=C(NCc1nc(-c2ccc(Cl)cc2)no1)Nc1ccc2c(c1)OCO2. The molecule has 0 saturated carbocycles. The predicted octanol–water partition coefficient (Wildman–Crippen LogP) is 3.61. The van der Waals surface area contributed by atoms with Gasteiger partial charge >= 0.3 is 0 Å². The van der Waals surface area contributed by atoms with Gasteiger partial charge in [0.15, 0.2) is 16.6 Å². The Morgan fingerprint density at radius 1 is 1.12 bits per heavy atom. The first-order chi connectivity index (χ1) is 12.7. The van der Waals surface area contributed by atoms with Crippen molar-refractivity contribution < 1.29 is 14.0 Å². The van der Waals surface area contributed by atoms with E-state index in [-0.39, 0.29) is 6.79 Å². The minimum atomic E-state index is 0.231. The summed E-state index contributed by atoms with van der Waals surface area (Å²) >= 11 is 11.2. The van der Waals surface area contributed by atoms with E-state index in [1.165, 1.54) is 0 Å². The van der Waals surface area contributed by atoms with E-state index in [4.69, 9.17) is 37.8 Å². The molecule has 0 radical (unpaired) electrons. The van der Waals surface area contributed by atoms with Gasteiger partial charge in [0.2, 0.25) is 18.5 Å². The lowest BCUT2D eigenvalue weighted by atomic mass is 10.2. The predicted molar refractivity (Wildman–Crippen MR) is 100 cm³/mol. The van der Waals surface area contributed by atoms with Crippen LogP contribution < -0.4 is 20.1 Å². The lowest BCUT2D eigenvalue weighted by Crippen LogP contribution is -2.27. The zero-order valence-corrected chi connectivity index (χ0v) is 14.9. The van der Waals surface area contributed by atoms with Crippen molar-refractivity contribution in [2.24, 2.45) is 0 Å². The molecule has 3 aromatic rings. The molecule has 0 spiro atoms. The smallest absolute Gasteiger partial charge is 0.246 e. The van der Waals surface area contributed by atoms with Gasteiger partial charge in [-0.05, 0) is 48.6 Å². The Hall–Kier alpha value is -2.84. The van der Waals surface area contributed by atoms with E-state index in [0.29, 0.717) is 34.1 Å². The van der Waals surface area contributed by atoms with Crippen molar-refractivity contribution in [3.8, 4) is 22.9 Å².